The normalized spacial score (nSPS) is 16.2. The average molecular weight is 263 g/mol. The van der Waals surface area contributed by atoms with Gasteiger partial charge in [-0.1, -0.05) is 0 Å². The van der Waals surface area contributed by atoms with Crippen LogP contribution in [0.15, 0.2) is 0 Å². The Kier molecular flexibility index (Phi) is 5.35. The van der Waals surface area contributed by atoms with Gasteiger partial charge in [0.1, 0.15) is 0 Å². The first-order valence-electron chi connectivity index (χ1n) is 5.79. The summed E-state index contributed by atoms with van der Waals surface area (Å²) in [5.74, 6) is 0.519. The predicted molar refractivity (Wildman–Crippen MR) is 66.1 cm³/mol. The molecule has 0 unspecified atom stereocenters. The van der Waals surface area contributed by atoms with Crippen LogP contribution >= 0.6 is 0 Å². The molecule has 100 valence electrons. The molecule has 1 saturated carbocycles. The molecule has 0 radical (unpaired) electrons. The van der Waals surface area contributed by atoms with E-state index in [1.165, 1.54) is 26.9 Å². The molecule has 0 aromatic rings. The number of rotatable bonds is 8. The van der Waals surface area contributed by atoms with Crippen LogP contribution in [-0.2, 0) is 14.8 Å². The first kappa shape index (κ1) is 14.4. The van der Waals surface area contributed by atoms with Gasteiger partial charge in [0.25, 0.3) is 0 Å². The maximum Gasteiger partial charge on any atom is 0.233 e. The van der Waals surface area contributed by atoms with Gasteiger partial charge in [-0.3, -0.25) is 4.79 Å². The number of carbonyl (C=O) groups is 1. The summed E-state index contributed by atoms with van der Waals surface area (Å²) in [7, 11) is -0.259. The number of nitrogens with one attached hydrogen (secondary N) is 2. The van der Waals surface area contributed by atoms with Crippen molar-refractivity contribution >= 4 is 15.9 Å². The minimum atomic E-state index is -3.22. The van der Waals surface area contributed by atoms with Crippen LogP contribution in [0, 0.1) is 5.92 Å². The quantitative estimate of drug-likeness (QED) is 0.588. The van der Waals surface area contributed by atoms with Crippen molar-refractivity contribution in [3.8, 4) is 0 Å². The van der Waals surface area contributed by atoms with E-state index in [-0.39, 0.29) is 24.7 Å². The van der Waals surface area contributed by atoms with Gasteiger partial charge in [0.05, 0.1) is 12.3 Å². The van der Waals surface area contributed by atoms with Gasteiger partial charge in [0.2, 0.25) is 15.9 Å². The maximum absolute atomic E-state index is 11.4. The molecular formula is C10H21N3O3S. The number of carbonyl (C=O) groups excluding carboxylic acids is 1. The third kappa shape index (κ3) is 5.99. The minimum Gasteiger partial charge on any atom is -0.354 e. The van der Waals surface area contributed by atoms with E-state index in [0.29, 0.717) is 0 Å². The molecular weight excluding hydrogens is 242 g/mol. The summed E-state index contributed by atoms with van der Waals surface area (Å²) >= 11 is 0. The van der Waals surface area contributed by atoms with E-state index in [1.54, 1.807) is 0 Å². The monoisotopic (exact) mass is 263 g/mol. The lowest BCUT2D eigenvalue weighted by atomic mass is 10.4. The largest absolute Gasteiger partial charge is 0.354 e. The number of amides is 1. The molecule has 1 fully saturated rings. The lowest BCUT2D eigenvalue weighted by Crippen LogP contribution is -2.38. The molecule has 6 nitrogen and oxygen atoms in total. The number of hydrogen-bond acceptors (Lipinski definition) is 4. The molecule has 0 heterocycles. The summed E-state index contributed by atoms with van der Waals surface area (Å²) in [6.45, 7) is 1.30. The summed E-state index contributed by atoms with van der Waals surface area (Å²) in [5, 5.41) is 5.63. The van der Waals surface area contributed by atoms with Crippen LogP contribution in [0.5, 0.6) is 0 Å². The zero-order valence-electron chi connectivity index (χ0n) is 10.4. The highest BCUT2D eigenvalue weighted by Gasteiger charge is 2.20. The van der Waals surface area contributed by atoms with Gasteiger partial charge in [-0.2, -0.15) is 0 Å². The van der Waals surface area contributed by atoms with E-state index in [0.717, 1.165) is 16.8 Å². The molecule has 0 aromatic carbocycles. The Bertz CT molecular complexity index is 350. The Morgan fingerprint density at radius 2 is 2.00 bits per heavy atom. The Labute approximate surface area is 103 Å². The maximum atomic E-state index is 11.4. The Balaban J connectivity index is 2.06. The standard InChI is InChI=1S/C10H21N3O3S/c1-13(2)17(15,16)6-5-12-10(14)8-11-7-9-3-4-9/h9,11H,3-8H2,1-2H3,(H,12,14). The van der Waals surface area contributed by atoms with E-state index in [4.69, 9.17) is 0 Å². The van der Waals surface area contributed by atoms with Gasteiger partial charge < -0.3 is 10.6 Å². The average Bonchev–Trinajstić information content (AvgIpc) is 3.01. The summed E-state index contributed by atoms with van der Waals surface area (Å²) in [6, 6.07) is 0. The molecule has 1 aliphatic carbocycles. The molecule has 0 atom stereocenters. The van der Waals surface area contributed by atoms with Crippen LogP contribution in [0.2, 0.25) is 0 Å². The van der Waals surface area contributed by atoms with E-state index in [9.17, 15) is 13.2 Å². The van der Waals surface area contributed by atoms with Gasteiger partial charge in [-0.05, 0) is 25.3 Å². The smallest absolute Gasteiger partial charge is 0.233 e. The van der Waals surface area contributed by atoms with Crippen molar-refractivity contribution in [3.63, 3.8) is 0 Å². The molecule has 0 saturated heterocycles. The van der Waals surface area contributed by atoms with Crippen molar-refractivity contribution in [3.05, 3.63) is 0 Å². The summed E-state index contributed by atoms with van der Waals surface area (Å²) in [6.07, 6.45) is 2.49. The zero-order chi connectivity index (χ0) is 12.9. The van der Waals surface area contributed by atoms with Crippen molar-refractivity contribution < 1.29 is 13.2 Å². The fourth-order valence-corrected chi connectivity index (χ4v) is 2.00. The number of hydrogen-bond donors (Lipinski definition) is 2. The summed E-state index contributed by atoms with van der Waals surface area (Å²) in [4.78, 5) is 11.3. The van der Waals surface area contributed by atoms with Gasteiger partial charge in [-0.15, -0.1) is 0 Å². The van der Waals surface area contributed by atoms with Gasteiger partial charge in [-0.25, -0.2) is 12.7 Å². The molecule has 1 amide bonds. The Morgan fingerprint density at radius 3 is 2.53 bits per heavy atom. The van der Waals surface area contributed by atoms with Crippen LogP contribution < -0.4 is 10.6 Å². The third-order valence-corrected chi connectivity index (χ3v) is 4.49. The molecule has 2 N–H and O–H groups in total. The fraction of sp³-hybridized carbons (Fsp3) is 0.900. The third-order valence-electron chi connectivity index (χ3n) is 2.65. The molecule has 0 aromatic heterocycles. The summed E-state index contributed by atoms with van der Waals surface area (Å²) in [5.41, 5.74) is 0. The highest BCUT2D eigenvalue weighted by molar-refractivity contribution is 7.89. The Hall–Kier alpha value is -0.660. The second kappa shape index (κ2) is 6.32. The van der Waals surface area contributed by atoms with Gasteiger partial charge in [0, 0.05) is 20.6 Å². The van der Waals surface area contributed by atoms with Crippen LogP contribution in [0.25, 0.3) is 0 Å². The van der Waals surface area contributed by atoms with Crippen molar-refractivity contribution in [2.24, 2.45) is 5.92 Å². The van der Waals surface area contributed by atoms with E-state index < -0.39 is 10.0 Å². The van der Waals surface area contributed by atoms with Gasteiger partial charge >= 0.3 is 0 Å². The predicted octanol–water partition coefficient (Wildman–Crippen LogP) is -1.01. The highest BCUT2D eigenvalue weighted by Crippen LogP contribution is 2.27. The first-order valence-corrected chi connectivity index (χ1v) is 7.40. The topological polar surface area (TPSA) is 78.5 Å². The highest BCUT2D eigenvalue weighted by atomic mass is 32.2. The van der Waals surface area contributed by atoms with E-state index in [1.807, 2.05) is 0 Å². The van der Waals surface area contributed by atoms with Gasteiger partial charge in [0.15, 0.2) is 0 Å². The zero-order valence-corrected chi connectivity index (χ0v) is 11.2. The van der Waals surface area contributed by atoms with E-state index in [2.05, 4.69) is 10.6 Å². The molecule has 1 aliphatic rings. The van der Waals surface area contributed by atoms with Crippen LogP contribution in [0.1, 0.15) is 12.8 Å². The van der Waals surface area contributed by atoms with Crippen LogP contribution in [0.4, 0.5) is 0 Å². The molecule has 0 aliphatic heterocycles. The molecule has 0 spiro atoms. The van der Waals surface area contributed by atoms with Crippen molar-refractivity contribution in [1.29, 1.82) is 0 Å². The number of sulfonamides is 1. The molecule has 0 bridgehead atoms. The molecule has 1 rings (SSSR count). The molecule has 7 heteroatoms. The fourth-order valence-electron chi connectivity index (χ4n) is 1.28. The SMILES string of the molecule is CN(C)S(=O)(=O)CCNC(=O)CNCC1CC1. The van der Waals surface area contributed by atoms with Crippen molar-refractivity contribution in [2.75, 3.05) is 39.5 Å². The van der Waals surface area contributed by atoms with Crippen LogP contribution in [0.3, 0.4) is 0 Å². The minimum absolute atomic E-state index is 0.0611. The summed E-state index contributed by atoms with van der Waals surface area (Å²) < 4.78 is 23.9. The lowest BCUT2D eigenvalue weighted by Gasteiger charge is -2.11. The first-order chi connectivity index (χ1) is 7.92. The Morgan fingerprint density at radius 1 is 1.35 bits per heavy atom. The van der Waals surface area contributed by atoms with Crippen molar-refractivity contribution in [1.82, 2.24) is 14.9 Å². The lowest BCUT2D eigenvalue weighted by molar-refractivity contribution is -0.120. The number of nitrogens with zero attached hydrogens (tertiary/aromatic N) is 1. The molecule has 17 heavy (non-hydrogen) atoms. The van der Waals surface area contributed by atoms with Crippen LogP contribution in [-0.4, -0.2) is 58.1 Å². The van der Waals surface area contributed by atoms with E-state index >= 15 is 0 Å². The second-order valence-electron chi connectivity index (χ2n) is 4.52. The second-order valence-corrected chi connectivity index (χ2v) is 6.83. The van der Waals surface area contributed by atoms with Crippen molar-refractivity contribution in [2.45, 2.75) is 12.8 Å².